The van der Waals surface area contributed by atoms with Crippen molar-refractivity contribution < 1.29 is 14.3 Å². The Labute approximate surface area is 169 Å². The van der Waals surface area contributed by atoms with Crippen LogP contribution >= 0.6 is 11.3 Å². The highest BCUT2D eigenvalue weighted by Crippen LogP contribution is 2.43. The van der Waals surface area contributed by atoms with Crippen LogP contribution in [0.1, 0.15) is 54.5 Å². The van der Waals surface area contributed by atoms with Crippen LogP contribution in [0.5, 0.6) is 0 Å². The molecule has 1 aliphatic carbocycles. The molecule has 28 heavy (non-hydrogen) atoms. The molecule has 2 aliphatic heterocycles. The lowest BCUT2D eigenvalue weighted by atomic mass is 9.97. The summed E-state index contributed by atoms with van der Waals surface area (Å²) in [7, 11) is 0. The van der Waals surface area contributed by atoms with Crippen LogP contribution in [0.2, 0.25) is 0 Å². The van der Waals surface area contributed by atoms with Gasteiger partial charge in [-0.2, -0.15) is 0 Å². The normalized spacial score (nSPS) is 21.8. The van der Waals surface area contributed by atoms with Gasteiger partial charge in [-0.05, 0) is 45.7 Å². The van der Waals surface area contributed by atoms with Crippen molar-refractivity contribution in [1.82, 2.24) is 24.9 Å². The van der Waals surface area contributed by atoms with Crippen LogP contribution in [0.15, 0.2) is 0 Å². The fourth-order valence-electron chi connectivity index (χ4n) is 3.89. The molecule has 2 amide bonds. The van der Waals surface area contributed by atoms with E-state index in [9.17, 15) is 9.59 Å². The molecule has 3 fully saturated rings. The van der Waals surface area contributed by atoms with Gasteiger partial charge in [0.25, 0.3) is 0 Å². The first-order valence-corrected chi connectivity index (χ1v) is 11.2. The van der Waals surface area contributed by atoms with Crippen LogP contribution in [-0.4, -0.2) is 89.3 Å². The Morgan fingerprint density at radius 3 is 2.07 bits per heavy atom. The monoisotopic (exact) mass is 407 g/mol. The van der Waals surface area contributed by atoms with Crippen LogP contribution in [-0.2, 0) is 9.53 Å². The molecule has 154 valence electrons. The zero-order valence-electron chi connectivity index (χ0n) is 16.5. The average molecular weight is 408 g/mol. The fourth-order valence-corrected chi connectivity index (χ4v) is 5.07. The molecular formula is C19H29N5O3S. The maximum Gasteiger partial charge on any atom is 0.409 e. The summed E-state index contributed by atoms with van der Waals surface area (Å²) in [5.41, 5.74) is 0. The van der Waals surface area contributed by atoms with Gasteiger partial charge in [-0.25, -0.2) is 4.79 Å². The van der Waals surface area contributed by atoms with Crippen molar-refractivity contribution in [2.45, 2.75) is 44.4 Å². The van der Waals surface area contributed by atoms with Crippen molar-refractivity contribution in [2.75, 3.05) is 52.4 Å². The summed E-state index contributed by atoms with van der Waals surface area (Å²) in [4.78, 5) is 30.2. The van der Waals surface area contributed by atoms with Crippen molar-refractivity contribution in [3.63, 3.8) is 0 Å². The van der Waals surface area contributed by atoms with Crippen molar-refractivity contribution >= 4 is 23.3 Å². The van der Waals surface area contributed by atoms with E-state index < -0.39 is 0 Å². The maximum atomic E-state index is 12.6. The quantitative estimate of drug-likeness (QED) is 0.742. The van der Waals surface area contributed by atoms with Gasteiger partial charge in [0.2, 0.25) is 5.91 Å². The number of piperazine rings is 1. The number of amides is 2. The van der Waals surface area contributed by atoms with Crippen LogP contribution in [0.25, 0.3) is 0 Å². The highest BCUT2D eigenvalue weighted by atomic mass is 32.1. The van der Waals surface area contributed by atoms with E-state index in [2.05, 4.69) is 15.1 Å². The summed E-state index contributed by atoms with van der Waals surface area (Å²) < 4.78 is 5.03. The zero-order valence-corrected chi connectivity index (χ0v) is 17.3. The van der Waals surface area contributed by atoms with Gasteiger partial charge in [0, 0.05) is 38.0 Å². The number of aromatic nitrogens is 2. The minimum atomic E-state index is -0.279. The van der Waals surface area contributed by atoms with Crippen molar-refractivity contribution in [1.29, 1.82) is 0 Å². The van der Waals surface area contributed by atoms with E-state index in [4.69, 9.17) is 4.74 Å². The lowest BCUT2D eigenvalue weighted by molar-refractivity contribution is -0.134. The van der Waals surface area contributed by atoms with E-state index in [0.717, 1.165) is 25.9 Å². The predicted molar refractivity (Wildman–Crippen MR) is 105 cm³/mol. The van der Waals surface area contributed by atoms with E-state index in [1.165, 1.54) is 22.9 Å². The zero-order chi connectivity index (χ0) is 19.5. The topological polar surface area (TPSA) is 78.9 Å². The lowest BCUT2D eigenvalue weighted by Crippen LogP contribution is -2.53. The second-order valence-electron chi connectivity index (χ2n) is 7.87. The molecule has 9 heteroatoms. The number of hydrogen-bond donors (Lipinski definition) is 0. The number of carbonyl (C=O) groups excluding carboxylic acids is 2. The van der Waals surface area contributed by atoms with Crippen molar-refractivity contribution in [3.05, 3.63) is 10.0 Å². The molecule has 0 aromatic carbocycles. The Hall–Kier alpha value is -1.74. The minimum Gasteiger partial charge on any atom is -0.450 e. The van der Waals surface area contributed by atoms with E-state index in [0.29, 0.717) is 51.2 Å². The average Bonchev–Trinajstić information content (AvgIpc) is 3.46. The molecule has 0 unspecified atom stereocenters. The number of rotatable bonds is 5. The second-order valence-corrected chi connectivity index (χ2v) is 8.91. The van der Waals surface area contributed by atoms with Gasteiger partial charge in [0.15, 0.2) is 0 Å². The SMILES string of the molecule is CCOC(=O)N1CCN(C(=O)CN2CCC(c3nnc(C4CC4)s3)CC2)CC1. The van der Waals surface area contributed by atoms with E-state index in [1.54, 1.807) is 23.2 Å². The molecular weight excluding hydrogens is 378 g/mol. The number of ether oxygens (including phenoxy) is 1. The molecule has 8 nitrogen and oxygen atoms in total. The Morgan fingerprint density at radius 2 is 1.50 bits per heavy atom. The minimum absolute atomic E-state index is 0.161. The summed E-state index contributed by atoms with van der Waals surface area (Å²) in [5, 5.41) is 11.2. The van der Waals surface area contributed by atoms with Gasteiger partial charge in [-0.3, -0.25) is 9.69 Å². The Morgan fingerprint density at radius 1 is 0.929 bits per heavy atom. The molecule has 0 N–H and O–H groups in total. The molecule has 0 radical (unpaired) electrons. The van der Waals surface area contributed by atoms with Crippen LogP contribution in [0.3, 0.4) is 0 Å². The van der Waals surface area contributed by atoms with Crippen LogP contribution < -0.4 is 0 Å². The fraction of sp³-hybridized carbons (Fsp3) is 0.789. The Balaban J connectivity index is 1.19. The van der Waals surface area contributed by atoms with Gasteiger partial charge >= 0.3 is 6.09 Å². The van der Waals surface area contributed by atoms with Crippen LogP contribution in [0, 0.1) is 0 Å². The van der Waals surface area contributed by atoms with Gasteiger partial charge in [0.1, 0.15) is 10.0 Å². The first-order valence-electron chi connectivity index (χ1n) is 10.4. The number of likely N-dealkylation sites (tertiary alicyclic amines) is 1. The number of carbonyl (C=O) groups is 2. The molecule has 3 aliphatic rings. The highest BCUT2D eigenvalue weighted by molar-refractivity contribution is 7.11. The first kappa shape index (κ1) is 19.6. The summed E-state index contributed by atoms with van der Waals surface area (Å²) in [6, 6.07) is 0. The molecule has 4 rings (SSSR count). The maximum absolute atomic E-state index is 12.6. The van der Waals surface area contributed by atoms with Gasteiger partial charge in [0.05, 0.1) is 13.2 Å². The third-order valence-corrected chi connectivity index (χ3v) is 7.09. The van der Waals surface area contributed by atoms with E-state index in [1.807, 2.05) is 4.90 Å². The summed E-state index contributed by atoms with van der Waals surface area (Å²) in [6.45, 7) is 6.78. The molecule has 0 bridgehead atoms. The molecule has 3 heterocycles. The summed E-state index contributed by atoms with van der Waals surface area (Å²) >= 11 is 1.80. The van der Waals surface area contributed by atoms with Gasteiger partial charge in [-0.15, -0.1) is 21.5 Å². The highest BCUT2D eigenvalue weighted by Gasteiger charge is 2.31. The molecule has 1 aromatic heterocycles. The predicted octanol–water partition coefficient (Wildman–Crippen LogP) is 1.90. The molecule has 0 spiro atoms. The van der Waals surface area contributed by atoms with Crippen LogP contribution in [0.4, 0.5) is 4.79 Å². The lowest BCUT2D eigenvalue weighted by Gasteiger charge is -2.36. The van der Waals surface area contributed by atoms with Crippen molar-refractivity contribution in [3.8, 4) is 0 Å². The molecule has 1 saturated carbocycles. The third-order valence-electron chi connectivity index (χ3n) is 5.84. The smallest absolute Gasteiger partial charge is 0.409 e. The summed E-state index contributed by atoms with van der Waals surface area (Å²) in [5.74, 6) is 1.33. The Kier molecular flexibility index (Phi) is 6.10. The number of piperidine rings is 1. The second kappa shape index (κ2) is 8.73. The molecule has 0 atom stereocenters. The van der Waals surface area contributed by atoms with Gasteiger partial charge < -0.3 is 14.5 Å². The molecule has 2 saturated heterocycles. The number of hydrogen-bond acceptors (Lipinski definition) is 7. The first-order chi connectivity index (χ1) is 13.6. The van der Waals surface area contributed by atoms with Crippen molar-refractivity contribution in [2.24, 2.45) is 0 Å². The largest absolute Gasteiger partial charge is 0.450 e. The summed E-state index contributed by atoms with van der Waals surface area (Å²) in [6.07, 6.45) is 4.34. The molecule has 1 aromatic rings. The Bertz CT molecular complexity index is 691. The third kappa shape index (κ3) is 4.63. The van der Waals surface area contributed by atoms with Gasteiger partial charge in [-0.1, -0.05) is 0 Å². The standard InChI is InChI=1S/C19H29N5O3S/c1-2-27-19(26)24-11-9-23(10-12-24)16(25)13-22-7-5-15(6-8-22)18-21-20-17(28-18)14-3-4-14/h14-15H,2-13H2,1H3. The van der Waals surface area contributed by atoms with E-state index in [-0.39, 0.29) is 12.0 Å². The number of nitrogens with zero attached hydrogens (tertiary/aromatic N) is 5. The van der Waals surface area contributed by atoms with E-state index >= 15 is 0 Å².